The van der Waals surface area contributed by atoms with E-state index in [1.807, 2.05) is 18.2 Å². The average Bonchev–Trinajstić information content (AvgIpc) is 2.84. The van der Waals surface area contributed by atoms with E-state index < -0.39 is 0 Å². The Kier molecular flexibility index (Phi) is 3.74. The normalized spacial score (nSPS) is 19.2. The van der Waals surface area contributed by atoms with E-state index >= 15 is 0 Å². The number of furan rings is 1. The molecule has 0 aliphatic carbocycles. The van der Waals surface area contributed by atoms with Gasteiger partial charge in [-0.25, -0.2) is 0 Å². The van der Waals surface area contributed by atoms with Crippen LogP contribution in [0.5, 0.6) is 0 Å². The number of benzene rings is 1. The molecule has 4 nitrogen and oxygen atoms in total. The molecule has 3 rings (SSSR count). The lowest BCUT2D eigenvalue weighted by molar-refractivity contribution is -0.122. The van der Waals surface area contributed by atoms with Crippen LogP contribution in [0, 0.1) is 0 Å². The van der Waals surface area contributed by atoms with Crippen molar-refractivity contribution < 1.29 is 9.21 Å². The number of hydrogen-bond donors (Lipinski definition) is 2. The number of amides is 1. The third-order valence-electron chi connectivity index (χ3n) is 3.94. The summed E-state index contributed by atoms with van der Waals surface area (Å²) in [7, 11) is 0. The zero-order valence-corrected chi connectivity index (χ0v) is 11.7. The summed E-state index contributed by atoms with van der Waals surface area (Å²) in [5, 5.41) is 7.63. The van der Waals surface area contributed by atoms with Gasteiger partial charge in [0.1, 0.15) is 11.3 Å². The summed E-state index contributed by atoms with van der Waals surface area (Å²) in [4.78, 5) is 11.2. The van der Waals surface area contributed by atoms with E-state index in [-0.39, 0.29) is 5.91 Å². The lowest BCUT2D eigenvalue weighted by atomic mass is 10.1. The van der Waals surface area contributed by atoms with Crippen LogP contribution in [0.1, 0.15) is 31.1 Å². The molecular weight excluding hydrogens is 252 g/mol. The molecule has 20 heavy (non-hydrogen) atoms. The van der Waals surface area contributed by atoms with Gasteiger partial charge in [0.15, 0.2) is 0 Å². The SMILES string of the molecule is CCc1oc2ccccc2c1CNC1CCC(=O)NC1. The van der Waals surface area contributed by atoms with Gasteiger partial charge in [-0.05, 0) is 12.5 Å². The Morgan fingerprint density at radius 1 is 1.40 bits per heavy atom. The van der Waals surface area contributed by atoms with Gasteiger partial charge in [0.05, 0.1) is 0 Å². The summed E-state index contributed by atoms with van der Waals surface area (Å²) in [5.74, 6) is 1.21. The van der Waals surface area contributed by atoms with Crippen LogP contribution in [0.3, 0.4) is 0 Å². The molecule has 1 aliphatic rings. The summed E-state index contributed by atoms with van der Waals surface area (Å²) < 4.78 is 5.90. The van der Waals surface area contributed by atoms with Gasteiger partial charge in [-0.3, -0.25) is 4.79 Å². The van der Waals surface area contributed by atoms with Gasteiger partial charge < -0.3 is 15.1 Å². The van der Waals surface area contributed by atoms with Gasteiger partial charge in [0.25, 0.3) is 0 Å². The third-order valence-corrected chi connectivity index (χ3v) is 3.94. The first kappa shape index (κ1) is 13.2. The number of carbonyl (C=O) groups is 1. The van der Waals surface area contributed by atoms with E-state index in [1.165, 1.54) is 10.9 Å². The van der Waals surface area contributed by atoms with Crippen molar-refractivity contribution in [2.24, 2.45) is 0 Å². The van der Waals surface area contributed by atoms with Gasteiger partial charge in [0, 0.05) is 42.9 Å². The summed E-state index contributed by atoms with van der Waals surface area (Å²) in [6, 6.07) is 8.52. The van der Waals surface area contributed by atoms with Crippen molar-refractivity contribution in [3.05, 3.63) is 35.6 Å². The molecule has 1 fully saturated rings. The Balaban J connectivity index is 1.75. The molecule has 1 aromatic carbocycles. The van der Waals surface area contributed by atoms with E-state index in [0.29, 0.717) is 12.5 Å². The number of piperidine rings is 1. The summed E-state index contributed by atoms with van der Waals surface area (Å²) in [6.45, 7) is 3.62. The second-order valence-corrected chi connectivity index (χ2v) is 5.27. The Hall–Kier alpha value is -1.81. The Bertz CT molecular complexity index is 608. The first-order valence-corrected chi connectivity index (χ1v) is 7.27. The minimum atomic E-state index is 0.158. The highest BCUT2D eigenvalue weighted by atomic mass is 16.3. The number of fused-ring (bicyclic) bond motifs is 1. The van der Waals surface area contributed by atoms with Gasteiger partial charge in [0.2, 0.25) is 5.91 Å². The maximum atomic E-state index is 11.2. The highest BCUT2D eigenvalue weighted by molar-refractivity contribution is 5.82. The largest absolute Gasteiger partial charge is 0.461 e. The molecule has 1 aromatic heterocycles. The van der Waals surface area contributed by atoms with Crippen LogP contribution >= 0.6 is 0 Å². The van der Waals surface area contributed by atoms with Crippen LogP contribution in [0.25, 0.3) is 11.0 Å². The molecule has 0 spiro atoms. The van der Waals surface area contributed by atoms with Crippen LogP contribution in [-0.2, 0) is 17.8 Å². The first-order chi connectivity index (χ1) is 9.78. The fourth-order valence-corrected chi connectivity index (χ4v) is 2.78. The number of rotatable bonds is 4. The number of para-hydroxylation sites is 1. The second-order valence-electron chi connectivity index (χ2n) is 5.27. The van der Waals surface area contributed by atoms with E-state index in [0.717, 1.165) is 37.3 Å². The van der Waals surface area contributed by atoms with E-state index in [2.05, 4.69) is 23.6 Å². The maximum Gasteiger partial charge on any atom is 0.220 e. The Morgan fingerprint density at radius 2 is 2.25 bits per heavy atom. The van der Waals surface area contributed by atoms with Gasteiger partial charge in [-0.2, -0.15) is 0 Å². The third kappa shape index (κ3) is 2.56. The van der Waals surface area contributed by atoms with Crippen molar-refractivity contribution in [1.82, 2.24) is 10.6 Å². The minimum Gasteiger partial charge on any atom is -0.461 e. The quantitative estimate of drug-likeness (QED) is 0.898. The van der Waals surface area contributed by atoms with E-state index in [1.54, 1.807) is 0 Å². The lowest BCUT2D eigenvalue weighted by Gasteiger charge is -2.23. The molecule has 2 aromatic rings. The monoisotopic (exact) mass is 272 g/mol. The number of carbonyl (C=O) groups excluding carboxylic acids is 1. The van der Waals surface area contributed by atoms with Crippen LogP contribution in [-0.4, -0.2) is 18.5 Å². The maximum absolute atomic E-state index is 11.2. The molecule has 1 aliphatic heterocycles. The molecular formula is C16H20N2O2. The second kappa shape index (κ2) is 5.67. The van der Waals surface area contributed by atoms with Crippen molar-refractivity contribution in [2.75, 3.05) is 6.54 Å². The molecule has 1 atom stereocenters. The first-order valence-electron chi connectivity index (χ1n) is 7.27. The predicted molar refractivity (Wildman–Crippen MR) is 78.5 cm³/mol. The lowest BCUT2D eigenvalue weighted by Crippen LogP contribution is -2.45. The van der Waals surface area contributed by atoms with Crippen LogP contribution < -0.4 is 10.6 Å². The molecule has 1 amide bonds. The molecule has 4 heteroatoms. The highest BCUT2D eigenvalue weighted by Gasteiger charge is 2.19. The molecule has 1 unspecified atom stereocenters. The molecule has 0 radical (unpaired) electrons. The molecule has 106 valence electrons. The molecule has 2 N–H and O–H groups in total. The minimum absolute atomic E-state index is 0.158. The van der Waals surface area contributed by atoms with Crippen molar-refractivity contribution in [1.29, 1.82) is 0 Å². The summed E-state index contributed by atoms with van der Waals surface area (Å²) >= 11 is 0. The molecule has 2 heterocycles. The van der Waals surface area contributed by atoms with Gasteiger partial charge >= 0.3 is 0 Å². The number of aryl methyl sites for hydroxylation is 1. The van der Waals surface area contributed by atoms with Crippen molar-refractivity contribution in [3.8, 4) is 0 Å². The zero-order valence-electron chi connectivity index (χ0n) is 11.7. The van der Waals surface area contributed by atoms with Crippen LogP contribution in [0.2, 0.25) is 0 Å². The molecule has 1 saturated heterocycles. The number of nitrogens with one attached hydrogen (secondary N) is 2. The van der Waals surface area contributed by atoms with Crippen LogP contribution in [0.4, 0.5) is 0 Å². The Morgan fingerprint density at radius 3 is 3.00 bits per heavy atom. The molecule has 0 bridgehead atoms. The van der Waals surface area contributed by atoms with Crippen molar-refractivity contribution >= 4 is 16.9 Å². The van der Waals surface area contributed by atoms with Crippen molar-refractivity contribution in [3.63, 3.8) is 0 Å². The van der Waals surface area contributed by atoms with Crippen LogP contribution in [0.15, 0.2) is 28.7 Å². The topological polar surface area (TPSA) is 54.3 Å². The smallest absolute Gasteiger partial charge is 0.220 e. The van der Waals surface area contributed by atoms with Crippen molar-refractivity contribution in [2.45, 2.75) is 38.8 Å². The number of hydrogen-bond acceptors (Lipinski definition) is 3. The molecule has 0 saturated carbocycles. The predicted octanol–water partition coefficient (Wildman–Crippen LogP) is 2.36. The zero-order chi connectivity index (χ0) is 13.9. The van der Waals surface area contributed by atoms with Gasteiger partial charge in [-0.15, -0.1) is 0 Å². The fourth-order valence-electron chi connectivity index (χ4n) is 2.78. The standard InChI is InChI=1S/C16H20N2O2/c1-2-14-13(12-5-3-4-6-15(12)20-14)10-17-11-7-8-16(19)18-9-11/h3-6,11,17H,2,7-10H2,1H3,(H,18,19). The average molecular weight is 272 g/mol. The fraction of sp³-hybridized carbons (Fsp3) is 0.438. The van der Waals surface area contributed by atoms with E-state index in [9.17, 15) is 4.79 Å². The Labute approximate surface area is 118 Å². The van der Waals surface area contributed by atoms with E-state index in [4.69, 9.17) is 4.42 Å². The summed E-state index contributed by atoms with van der Waals surface area (Å²) in [6.07, 6.45) is 2.42. The highest BCUT2D eigenvalue weighted by Crippen LogP contribution is 2.26. The van der Waals surface area contributed by atoms with Gasteiger partial charge in [-0.1, -0.05) is 25.1 Å². The summed E-state index contributed by atoms with van der Waals surface area (Å²) in [5.41, 5.74) is 2.21.